The Labute approximate surface area is 187 Å². The van der Waals surface area contributed by atoms with Gasteiger partial charge < -0.3 is 0 Å². The van der Waals surface area contributed by atoms with Gasteiger partial charge in [-0.15, -0.1) is 0 Å². The molecule has 6 heteroatoms. The first kappa shape index (κ1) is 22.0. The van der Waals surface area contributed by atoms with Crippen LogP contribution in [0.1, 0.15) is 32.6 Å². The quantitative estimate of drug-likeness (QED) is 0.286. The molecule has 0 aliphatic heterocycles. The summed E-state index contributed by atoms with van der Waals surface area (Å²) in [6.07, 6.45) is 0.813. The van der Waals surface area contributed by atoms with Crippen molar-refractivity contribution in [2.24, 2.45) is 0 Å². The zero-order chi connectivity index (χ0) is 21.7. The molecule has 1 amide bonds. The van der Waals surface area contributed by atoms with Crippen molar-refractivity contribution in [3.8, 4) is 11.1 Å². The Morgan fingerprint density at radius 1 is 0.933 bits per heavy atom. The predicted molar refractivity (Wildman–Crippen MR) is 128 cm³/mol. The van der Waals surface area contributed by atoms with Gasteiger partial charge in [0, 0.05) is 0 Å². The van der Waals surface area contributed by atoms with Crippen LogP contribution in [0.5, 0.6) is 0 Å². The van der Waals surface area contributed by atoms with Gasteiger partial charge in [-0.1, -0.05) is 0 Å². The molecule has 0 heterocycles. The van der Waals surface area contributed by atoms with Crippen LogP contribution < -0.4 is 6.62 Å². The van der Waals surface area contributed by atoms with Crippen molar-refractivity contribution in [1.29, 1.82) is 0 Å². The van der Waals surface area contributed by atoms with Crippen LogP contribution in [-0.2, 0) is 22.0 Å². The molecular formula is C24H26Cl2HfNOSi. The van der Waals surface area contributed by atoms with Crippen molar-refractivity contribution in [2.45, 2.75) is 33.4 Å². The summed E-state index contributed by atoms with van der Waals surface area (Å²) in [5, 5.41) is 0. The average molecular weight is 622 g/mol. The van der Waals surface area contributed by atoms with Crippen LogP contribution in [0.15, 0.2) is 60.7 Å². The minimum absolute atomic E-state index is 0.156. The molecule has 1 N–H and O–H groups in total. The summed E-state index contributed by atoms with van der Waals surface area (Å²) >= 11 is -4.95. The molecule has 155 valence electrons. The third-order valence-corrected chi connectivity index (χ3v) is 67.8. The van der Waals surface area contributed by atoms with Crippen molar-refractivity contribution in [3.05, 3.63) is 88.5 Å². The van der Waals surface area contributed by atoms with E-state index in [1.807, 2.05) is 32.0 Å². The van der Waals surface area contributed by atoms with E-state index in [1.54, 1.807) is 0 Å². The number of amides is 1. The number of rotatable bonds is 4. The number of benzene rings is 3. The molecular weight excluding hydrogens is 596 g/mol. The number of carbonyl (C=O) groups excluding carboxylic acids is 1. The van der Waals surface area contributed by atoms with Crippen molar-refractivity contribution in [3.63, 3.8) is 0 Å². The summed E-state index contributed by atoms with van der Waals surface area (Å²) in [4.78, 5) is 13.4. The van der Waals surface area contributed by atoms with E-state index in [-0.39, 0.29) is 5.91 Å². The number of hydrogen-bond donors (Lipinski definition) is 1. The second kappa shape index (κ2) is 7.74. The molecule has 3 aromatic carbocycles. The molecule has 0 saturated carbocycles. The van der Waals surface area contributed by atoms with Gasteiger partial charge in [0.25, 0.3) is 0 Å². The molecule has 1 aliphatic rings. The maximum absolute atomic E-state index is 13.4. The van der Waals surface area contributed by atoms with E-state index in [4.69, 9.17) is 17.2 Å². The number of aryl methyl sites for hydroxylation is 2. The van der Waals surface area contributed by atoms with Gasteiger partial charge in [-0.25, -0.2) is 0 Å². The Balaban J connectivity index is 1.83. The third kappa shape index (κ3) is 3.66. The van der Waals surface area contributed by atoms with E-state index < -0.39 is 21.6 Å². The minimum atomic E-state index is -4.95. The molecule has 2 nitrogen and oxygen atoms in total. The fourth-order valence-electron chi connectivity index (χ4n) is 4.50. The fraction of sp³-hybridized carbons (Fsp3) is 0.208. The standard InChI is InChI=1S/C13H9.C9H11NO.C2H7Si.2ClH.Hf/c1-3-7-12-10(5-1)9-11-6-2-4-8-13(11)12;1-6-3-7(2)5-8(4-6)9(10)11;1-3-2;;;/h1-5,7-8H,9H2;3-5H,1-2H3,(H2,10,11);3H,1-2H3;2*1H;/q;;;;;+3/p-3. The van der Waals surface area contributed by atoms with Crippen LogP contribution in [0.25, 0.3) is 11.1 Å². The Hall–Kier alpha value is -1.20. The Morgan fingerprint density at radius 3 is 2.23 bits per heavy atom. The number of carbonyl (C=O) groups is 1. The van der Waals surface area contributed by atoms with Gasteiger partial charge in [-0.05, 0) is 0 Å². The molecule has 0 spiro atoms. The molecule has 1 aliphatic carbocycles. The van der Waals surface area contributed by atoms with Crippen LogP contribution in [0, 0.1) is 13.8 Å². The number of fused-ring (bicyclic) bond motifs is 3. The van der Waals surface area contributed by atoms with Gasteiger partial charge in [0.15, 0.2) is 0 Å². The summed E-state index contributed by atoms with van der Waals surface area (Å²) in [6, 6.07) is 20.6. The summed E-state index contributed by atoms with van der Waals surface area (Å²) in [5.41, 5.74) is 7.66. The molecule has 4 rings (SSSR count). The molecule has 0 atom stereocenters. The molecule has 0 radical (unpaired) electrons. The molecule has 0 fully saturated rings. The van der Waals surface area contributed by atoms with E-state index >= 15 is 0 Å². The second-order valence-corrected chi connectivity index (χ2v) is 64.0. The van der Waals surface area contributed by atoms with E-state index in [0.29, 0.717) is 5.56 Å². The first-order valence-corrected chi connectivity index (χ1v) is 31.9. The zero-order valence-corrected chi connectivity index (χ0v) is 24.0. The molecule has 30 heavy (non-hydrogen) atoms. The van der Waals surface area contributed by atoms with Gasteiger partial charge in [0.05, 0.1) is 0 Å². The van der Waals surface area contributed by atoms with Crippen molar-refractivity contribution in [2.75, 3.05) is 0 Å². The molecule has 3 aromatic rings. The van der Waals surface area contributed by atoms with Gasteiger partial charge in [0.1, 0.15) is 0 Å². The Morgan fingerprint density at radius 2 is 1.57 bits per heavy atom. The monoisotopic (exact) mass is 622 g/mol. The van der Waals surface area contributed by atoms with E-state index in [9.17, 15) is 4.79 Å². The van der Waals surface area contributed by atoms with Crippen molar-refractivity contribution in [1.82, 2.24) is 3.30 Å². The predicted octanol–water partition coefficient (Wildman–Crippen LogP) is 5.83. The Bertz CT molecular complexity index is 1160. The van der Waals surface area contributed by atoms with Crippen LogP contribution >= 0.6 is 17.2 Å². The normalized spacial score (nSPS) is 14.0. The van der Waals surface area contributed by atoms with Gasteiger partial charge in [-0.2, -0.15) is 0 Å². The maximum atomic E-state index is 13.4. The summed E-state index contributed by atoms with van der Waals surface area (Å²) in [5.74, 6) is -1.82. The van der Waals surface area contributed by atoms with Crippen LogP contribution in [-0.4, -0.2) is 11.9 Å². The first-order chi connectivity index (χ1) is 14.1. The first-order valence-electron chi connectivity index (χ1n) is 10.3. The van der Waals surface area contributed by atoms with E-state index in [2.05, 4.69) is 58.9 Å². The topological polar surface area (TPSA) is 29.1 Å². The van der Waals surface area contributed by atoms with E-state index in [0.717, 1.165) is 20.9 Å². The molecule has 0 bridgehead atoms. The van der Waals surface area contributed by atoms with Crippen molar-refractivity contribution >= 4 is 32.4 Å². The summed E-state index contributed by atoms with van der Waals surface area (Å²) < 4.78 is 4.30. The SMILES string of the molecule is Cc1cc(C)cc(C(=O)[NH][Hf]([Cl])([Cl])([c]2cccc3c2Cc2ccccc2-3)[SiH](C)C)c1. The Kier molecular flexibility index (Phi) is 5.67. The van der Waals surface area contributed by atoms with Gasteiger partial charge >= 0.3 is 189 Å². The second-order valence-electron chi connectivity index (χ2n) is 8.73. The molecule has 0 saturated heterocycles. The summed E-state index contributed by atoms with van der Waals surface area (Å²) in [7, 11) is 15.0. The van der Waals surface area contributed by atoms with Crippen molar-refractivity contribution < 1.29 is 20.4 Å². The number of halogens is 2. The number of hydrogen-bond acceptors (Lipinski definition) is 1. The zero-order valence-electron chi connectivity index (χ0n) is 17.7. The third-order valence-electron chi connectivity index (χ3n) is 6.18. The van der Waals surface area contributed by atoms with Gasteiger partial charge in [0.2, 0.25) is 0 Å². The van der Waals surface area contributed by atoms with E-state index in [1.165, 1.54) is 22.3 Å². The van der Waals surface area contributed by atoms with Crippen LogP contribution in [0.3, 0.4) is 0 Å². The van der Waals surface area contributed by atoms with Gasteiger partial charge in [-0.3, -0.25) is 0 Å². The average Bonchev–Trinajstić information content (AvgIpc) is 3.05. The summed E-state index contributed by atoms with van der Waals surface area (Å²) in [6.45, 7) is 8.32. The van der Waals surface area contributed by atoms with Crippen LogP contribution in [0.2, 0.25) is 13.1 Å². The molecule has 0 aromatic heterocycles. The number of nitrogens with one attached hydrogen (secondary N) is 1. The van der Waals surface area contributed by atoms with Crippen LogP contribution in [0.4, 0.5) is 0 Å². The molecule has 0 unspecified atom stereocenters. The fourth-order valence-corrected chi connectivity index (χ4v) is 29.5.